The summed E-state index contributed by atoms with van der Waals surface area (Å²) in [6.45, 7) is 1.62. The van der Waals surface area contributed by atoms with Gasteiger partial charge in [-0.05, 0) is 22.9 Å². The first kappa shape index (κ1) is 12.0. The molecule has 0 spiro atoms. The first-order valence-corrected chi connectivity index (χ1v) is 6.77. The molecular formula is C8H8BrN5O2S. The highest BCUT2D eigenvalue weighted by Crippen LogP contribution is 2.15. The molecule has 17 heavy (non-hydrogen) atoms. The van der Waals surface area contributed by atoms with E-state index in [1.807, 2.05) is 0 Å². The molecule has 0 bridgehead atoms. The normalized spacial score (nSPS) is 11.4. The van der Waals surface area contributed by atoms with Gasteiger partial charge in [0.15, 0.2) is 5.82 Å². The van der Waals surface area contributed by atoms with Crippen LogP contribution in [0, 0.1) is 6.92 Å². The Kier molecular flexibility index (Phi) is 3.11. The van der Waals surface area contributed by atoms with Gasteiger partial charge in [0.1, 0.15) is 9.50 Å². The first-order valence-electron chi connectivity index (χ1n) is 4.49. The standard InChI is InChI=1S/C8H8BrN5O2S/c1-5-6(2-12-13-5)17(15,16)14-8-4-10-7(9)3-11-8/h2-4H,1H3,(H,11,14)(H,12,13). The molecule has 2 aromatic rings. The van der Waals surface area contributed by atoms with E-state index >= 15 is 0 Å². The van der Waals surface area contributed by atoms with Crippen LogP contribution in [0.5, 0.6) is 0 Å². The highest BCUT2D eigenvalue weighted by molar-refractivity contribution is 9.10. The number of rotatable bonds is 3. The van der Waals surface area contributed by atoms with Crippen LogP contribution < -0.4 is 4.72 Å². The van der Waals surface area contributed by atoms with E-state index in [-0.39, 0.29) is 10.7 Å². The number of halogens is 1. The summed E-state index contributed by atoms with van der Waals surface area (Å²) in [5.74, 6) is 0.147. The Bertz CT molecular complexity index is 622. The SMILES string of the molecule is Cc1[nH]ncc1S(=O)(=O)Nc1cnc(Br)cn1. The molecule has 9 heteroatoms. The molecule has 0 saturated carbocycles. The Hall–Kier alpha value is -1.48. The highest BCUT2D eigenvalue weighted by atomic mass is 79.9. The topological polar surface area (TPSA) is 101 Å². The van der Waals surface area contributed by atoms with Crippen LogP contribution in [0.2, 0.25) is 0 Å². The van der Waals surface area contributed by atoms with Crippen LogP contribution >= 0.6 is 15.9 Å². The van der Waals surface area contributed by atoms with E-state index in [1.54, 1.807) is 6.92 Å². The van der Waals surface area contributed by atoms with Crippen molar-refractivity contribution in [3.05, 3.63) is 28.9 Å². The fourth-order valence-corrected chi connectivity index (χ4v) is 2.50. The van der Waals surface area contributed by atoms with Gasteiger partial charge in [0.2, 0.25) is 0 Å². The second-order valence-electron chi connectivity index (χ2n) is 3.19. The van der Waals surface area contributed by atoms with Crippen LogP contribution in [-0.4, -0.2) is 28.6 Å². The van der Waals surface area contributed by atoms with Gasteiger partial charge in [-0.3, -0.25) is 9.82 Å². The van der Waals surface area contributed by atoms with E-state index in [1.165, 1.54) is 18.6 Å². The minimum absolute atomic E-state index is 0.0854. The van der Waals surface area contributed by atoms with Gasteiger partial charge in [-0.1, -0.05) is 0 Å². The fraction of sp³-hybridized carbons (Fsp3) is 0.125. The molecule has 2 rings (SSSR count). The molecule has 2 N–H and O–H groups in total. The zero-order valence-electron chi connectivity index (χ0n) is 8.68. The van der Waals surface area contributed by atoms with E-state index in [0.29, 0.717) is 10.3 Å². The summed E-state index contributed by atoms with van der Waals surface area (Å²) in [5.41, 5.74) is 0.461. The molecule has 0 radical (unpaired) electrons. The predicted molar refractivity (Wildman–Crippen MR) is 63.9 cm³/mol. The van der Waals surface area contributed by atoms with Crippen LogP contribution in [0.3, 0.4) is 0 Å². The van der Waals surface area contributed by atoms with E-state index in [2.05, 4.69) is 40.8 Å². The van der Waals surface area contributed by atoms with Crippen molar-refractivity contribution in [2.45, 2.75) is 11.8 Å². The highest BCUT2D eigenvalue weighted by Gasteiger charge is 2.19. The summed E-state index contributed by atoms with van der Waals surface area (Å²) in [6, 6.07) is 0. The third-order valence-corrected chi connectivity index (χ3v) is 3.81. The van der Waals surface area contributed by atoms with Gasteiger partial charge in [-0.2, -0.15) is 5.10 Å². The smallest absolute Gasteiger partial charge is 0.266 e. The molecular weight excluding hydrogens is 310 g/mol. The zero-order chi connectivity index (χ0) is 12.5. The number of aromatic nitrogens is 4. The number of H-pyrrole nitrogens is 1. The van der Waals surface area contributed by atoms with Crippen LogP contribution in [0.25, 0.3) is 0 Å². The lowest BCUT2D eigenvalue weighted by Gasteiger charge is -2.05. The van der Waals surface area contributed by atoms with Gasteiger partial charge in [0, 0.05) is 0 Å². The molecule has 0 fully saturated rings. The molecule has 0 unspecified atom stereocenters. The average Bonchev–Trinajstić information content (AvgIpc) is 2.68. The number of aryl methyl sites for hydroxylation is 1. The van der Waals surface area contributed by atoms with Gasteiger partial charge in [0.25, 0.3) is 10.0 Å². The number of aromatic amines is 1. The van der Waals surface area contributed by atoms with Gasteiger partial charge >= 0.3 is 0 Å². The number of nitrogens with zero attached hydrogens (tertiary/aromatic N) is 3. The molecule has 0 aromatic carbocycles. The zero-order valence-corrected chi connectivity index (χ0v) is 11.1. The molecule has 2 aromatic heterocycles. The Morgan fingerprint density at radius 1 is 1.29 bits per heavy atom. The van der Waals surface area contributed by atoms with Crippen molar-refractivity contribution in [2.75, 3.05) is 4.72 Å². The van der Waals surface area contributed by atoms with Crippen molar-refractivity contribution in [1.29, 1.82) is 0 Å². The number of hydrogen-bond acceptors (Lipinski definition) is 5. The van der Waals surface area contributed by atoms with Crippen LogP contribution in [0.4, 0.5) is 5.82 Å². The maximum atomic E-state index is 11.9. The second kappa shape index (κ2) is 4.41. The summed E-state index contributed by atoms with van der Waals surface area (Å²) in [6.07, 6.45) is 3.96. The lowest BCUT2D eigenvalue weighted by Crippen LogP contribution is -2.14. The van der Waals surface area contributed by atoms with Crippen LogP contribution in [-0.2, 0) is 10.0 Å². The maximum Gasteiger partial charge on any atom is 0.266 e. The van der Waals surface area contributed by atoms with Gasteiger partial charge in [0.05, 0.1) is 24.3 Å². The first-order chi connectivity index (χ1) is 7.99. The number of nitrogens with one attached hydrogen (secondary N) is 2. The third kappa shape index (κ3) is 2.61. The molecule has 0 saturated heterocycles. The largest absolute Gasteiger partial charge is 0.281 e. The van der Waals surface area contributed by atoms with E-state index in [4.69, 9.17) is 0 Å². The minimum Gasteiger partial charge on any atom is -0.281 e. The minimum atomic E-state index is -3.68. The molecule has 7 nitrogen and oxygen atoms in total. The van der Waals surface area contributed by atoms with E-state index < -0.39 is 10.0 Å². The van der Waals surface area contributed by atoms with E-state index in [0.717, 1.165) is 0 Å². The molecule has 2 heterocycles. The molecule has 0 atom stereocenters. The lowest BCUT2D eigenvalue weighted by molar-refractivity contribution is 0.600. The van der Waals surface area contributed by atoms with Gasteiger partial charge in [-0.25, -0.2) is 18.4 Å². The van der Waals surface area contributed by atoms with Gasteiger partial charge in [-0.15, -0.1) is 0 Å². The van der Waals surface area contributed by atoms with Crippen LogP contribution in [0.15, 0.2) is 28.1 Å². The molecule has 0 amide bonds. The summed E-state index contributed by atoms with van der Waals surface area (Å²) >= 11 is 3.11. The number of sulfonamides is 1. The average molecular weight is 318 g/mol. The Labute approximate surface area is 106 Å². The maximum absolute atomic E-state index is 11.9. The van der Waals surface area contributed by atoms with Gasteiger partial charge < -0.3 is 0 Å². The fourth-order valence-electron chi connectivity index (χ4n) is 1.17. The molecule has 0 aliphatic carbocycles. The molecule has 0 aliphatic heterocycles. The summed E-state index contributed by atoms with van der Waals surface area (Å²) in [4.78, 5) is 7.83. The summed E-state index contributed by atoms with van der Waals surface area (Å²) < 4.78 is 26.7. The predicted octanol–water partition coefficient (Wildman–Crippen LogP) is 1.07. The monoisotopic (exact) mass is 317 g/mol. The summed E-state index contributed by atoms with van der Waals surface area (Å²) in [5, 5.41) is 6.21. The second-order valence-corrected chi connectivity index (χ2v) is 5.65. The number of anilines is 1. The van der Waals surface area contributed by atoms with E-state index in [9.17, 15) is 8.42 Å². The Balaban J connectivity index is 2.30. The molecule has 0 aliphatic rings. The Morgan fingerprint density at radius 3 is 2.59 bits per heavy atom. The summed E-state index contributed by atoms with van der Waals surface area (Å²) in [7, 11) is -3.68. The lowest BCUT2D eigenvalue weighted by atomic mass is 10.5. The third-order valence-electron chi connectivity index (χ3n) is 1.93. The molecule has 90 valence electrons. The van der Waals surface area contributed by atoms with Crippen molar-refractivity contribution in [2.24, 2.45) is 0 Å². The van der Waals surface area contributed by atoms with Crippen molar-refractivity contribution in [3.8, 4) is 0 Å². The Morgan fingerprint density at radius 2 is 2.06 bits per heavy atom. The van der Waals surface area contributed by atoms with Crippen LogP contribution in [0.1, 0.15) is 5.69 Å². The van der Waals surface area contributed by atoms with Crippen molar-refractivity contribution in [3.63, 3.8) is 0 Å². The quantitative estimate of drug-likeness (QED) is 0.881. The van der Waals surface area contributed by atoms with Crippen molar-refractivity contribution < 1.29 is 8.42 Å². The van der Waals surface area contributed by atoms with Crippen molar-refractivity contribution in [1.82, 2.24) is 20.2 Å². The number of hydrogen-bond donors (Lipinski definition) is 2. The van der Waals surface area contributed by atoms with Crippen molar-refractivity contribution >= 4 is 31.8 Å².